The highest BCUT2D eigenvalue weighted by Crippen LogP contribution is 2.28. The average molecular weight is 448 g/mol. The zero-order chi connectivity index (χ0) is 22.5. The Morgan fingerprint density at radius 3 is 2.35 bits per heavy atom. The number of piperidine rings is 1. The first-order valence-corrected chi connectivity index (χ1v) is 12.1. The SMILES string of the molecule is CC(C)SCC(=O)Nc1ccc(C(=O)N2CCC(N3C(=O)OCC3C(C)C)CC2)cc1. The van der Waals surface area contributed by atoms with Crippen LogP contribution in [0.1, 0.15) is 50.9 Å². The van der Waals surface area contributed by atoms with Gasteiger partial charge >= 0.3 is 6.09 Å². The highest BCUT2D eigenvalue weighted by Gasteiger charge is 2.41. The predicted octanol–water partition coefficient (Wildman–Crippen LogP) is 3.85. The molecule has 1 aromatic rings. The molecule has 2 fully saturated rings. The smallest absolute Gasteiger partial charge is 0.410 e. The molecular weight excluding hydrogens is 414 g/mol. The van der Waals surface area contributed by atoms with Crippen LogP contribution in [0.2, 0.25) is 0 Å². The van der Waals surface area contributed by atoms with Crippen molar-refractivity contribution < 1.29 is 19.1 Å². The van der Waals surface area contributed by atoms with E-state index in [1.807, 2.05) is 9.80 Å². The molecule has 3 rings (SSSR count). The molecule has 2 aliphatic rings. The lowest BCUT2D eigenvalue weighted by molar-refractivity contribution is -0.113. The minimum absolute atomic E-state index is 0.0175. The zero-order valence-electron chi connectivity index (χ0n) is 18.8. The molecule has 2 aliphatic heterocycles. The van der Waals surface area contributed by atoms with E-state index in [0.29, 0.717) is 47.9 Å². The van der Waals surface area contributed by atoms with Crippen molar-refractivity contribution in [2.24, 2.45) is 5.92 Å². The quantitative estimate of drug-likeness (QED) is 0.687. The number of hydrogen-bond donors (Lipinski definition) is 1. The molecule has 8 heteroatoms. The Hall–Kier alpha value is -2.22. The molecule has 0 aliphatic carbocycles. The number of benzene rings is 1. The molecule has 170 valence electrons. The van der Waals surface area contributed by atoms with Gasteiger partial charge in [0.25, 0.3) is 5.91 Å². The summed E-state index contributed by atoms with van der Waals surface area (Å²) in [5.41, 5.74) is 1.30. The van der Waals surface area contributed by atoms with Gasteiger partial charge in [0.2, 0.25) is 5.91 Å². The third-order valence-electron chi connectivity index (χ3n) is 5.82. The van der Waals surface area contributed by atoms with E-state index in [2.05, 4.69) is 33.0 Å². The van der Waals surface area contributed by atoms with Gasteiger partial charge in [-0.1, -0.05) is 27.7 Å². The molecule has 1 atom stereocenters. The Kier molecular flexibility index (Phi) is 7.86. The fourth-order valence-corrected chi connectivity index (χ4v) is 4.60. The van der Waals surface area contributed by atoms with Crippen molar-refractivity contribution >= 4 is 35.4 Å². The van der Waals surface area contributed by atoms with Crippen molar-refractivity contribution in [3.05, 3.63) is 29.8 Å². The normalized spacial score (nSPS) is 19.8. The van der Waals surface area contributed by atoms with Gasteiger partial charge in [-0.15, -0.1) is 11.8 Å². The highest BCUT2D eigenvalue weighted by molar-refractivity contribution is 8.00. The van der Waals surface area contributed by atoms with E-state index in [1.54, 1.807) is 36.0 Å². The van der Waals surface area contributed by atoms with Gasteiger partial charge in [-0.25, -0.2) is 4.79 Å². The first-order chi connectivity index (χ1) is 14.8. The summed E-state index contributed by atoms with van der Waals surface area (Å²) < 4.78 is 5.28. The Bertz CT molecular complexity index is 789. The number of nitrogens with zero attached hydrogens (tertiary/aromatic N) is 2. The summed E-state index contributed by atoms with van der Waals surface area (Å²) in [6, 6.07) is 7.28. The van der Waals surface area contributed by atoms with Gasteiger partial charge in [0, 0.05) is 30.4 Å². The zero-order valence-corrected chi connectivity index (χ0v) is 19.6. The number of carbonyl (C=O) groups is 3. The van der Waals surface area contributed by atoms with E-state index >= 15 is 0 Å². The molecule has 0 aromatic heterocycles. The second-order valence-electron chi connectivity index (χ2n) is 8.80. The number of cyclic esters (lactones) is 1. The van der Waals surface area contributed by atoms with Crippen molar-refractivity contribution in [3.63, 3.8) is 0 Å². The second-order valence-corrected chi connectivity index (χ2v) is 10.4. The monoisotopic (exact) mass is 447 g/mol. The molecule has 2 heterocycles. The van der Waals surface area contributed by atoms with Crippen LogP contribution in [0.15, 0.2) is 24.3 Å². The molecule has 1 unspecified atom stereocenters. The average Bonchev–Trinajstić information content (AvgIpc) is 3.14. The van der Waals surface area contributed by atoms with E-state index in [4.69, 9.17) is 4.74 Å². The summed E-state index contributed by atoms with van der Waals surface area (Å²) >= 11 is 1.59. The van der Waals surface area contributed by atoms with Crippen LogP contribution in [-0.2, 0) is 9.53 Å². The third-order valence-corrected chi connectivity index (χ3v) is 6.92. The lowest BCUT2D eigenvalue weighted by Gasteiger charge is -2.38. The molecule has 7 nitrogen and oxygen atoms in total. The summed E-state index contributed by atoms with van der Waals surface area (Å²) in [4.78, 5) is 40.8. The minimum Gasteiger partial charge on any atom is -0.447 e. The topological polar surface area (TPSA) is 79.0 Å². The van der Waals surface area contributed by atoms with E-state index < -0.39 is 0 Å². The summed E-state index contributed by atoms with van der Waals surface area (Å²) in [7, 11) is 0. The predicted molar refractivity (Wildman–Crippen MR) is 123 cm³/mol. The van der Waals surface area contributed by atoms with Crippen LogP contribution in [0.5, 0.6) is 0 Å². The van der Waals surface area contributed by atoms with Gasteiger partial charge in [-0.2, -0.15) is 0 Å². The van der Waals surface area contributed by atoms with Gasteiger partial charge in [-0.05, 0) is 48.3 Å². The van der Waals surface area contributed by atoms with E-state index in [1.165, 1.54) is 0 Å². The maximum atomic E-state index is 12.9. The number of amides is 3. The number of anilines is 1. The number of likely N-dealkylation sites (tertiary alicyclic amines) is 1. The Morgan fingerprint density at radius 2 is 1.77 bits per heavy atom. The molecule has 0 bridgehead atoms. The molecule has 2 saturated heterocycles. The van der Waals surface area contributed by atoms with Crippen molar-refractivity contribution in [1.29, 1.82) is 0 Å². The highest BCUT2D eigenvalue weighted by atomic mass is 32.2. The van der Waals surface area contributed by atoms with Crippen molar-refractivity contribution in [2.45, 2.75) is 57.9 Å². The van der Waals surface area contributed by atoms with Gasteiger partial charge in [-0.3, -0.25) is 14.5 Å². The Morgan fingerprint density at radius 1 is 1.13 bits per heavy atom. The van der Waals surface area contributed by atoms with Crippen LogP contribution >= 0.6 is 11.8 Å². The number of ether oxygens (including phenoxy) is 1. The molecule has 3 amide bonds. The first kappa shape index (κ1) is 23.4. The molecule has 1 aromatic carbocycles. The molecule has 31 heavy (non-hydrogen) atoms. The molecular formula is C23H33N3O4S. The number of thioether (sulfide) groups is 1. The van der Waals surface area contributed by atoms with Gasteiger partial charge in [0.1, 0.15) is 6.61 Å². The summed E-state index contributed by atoms with van der Waals surface area (Å²) in [5, 5.41) is 3.27. The maximum absolute atomic E-state index is 12.9. The van der Waals surface area contributed by atoms with Crippen LogP contribution in [0.4, 0.5) is 10.5 Å². The largest absolute Gasteiger partial charge is 0.447 e. The number of rotatable bonds is 7. The third kappa shape index (κ3) is 5.93. The number of carbonyl (C=O) groups excluding carboxylic acids is 3. The Balaban J connectivity index is 1.52. The minimum atomic E-state index is -0.229. The number of nitrogens with one attached hydrogen (secondary N) is 1. The van der Waals surface area contributed by atoms with Crippen LogP contribution in [-0.4, -0.2) is 70.5 Å². The molecule has 0 saturated carbocycles. The van der Waals surface area contributed by atoms with Crippen LogP contribution < -0.4 is 5.32 Å². The van der Waals surface area contributed by atoms with Gasteiger partial charge in [0.05, 0.1) is 11.8 Å². The van der Waals surface area contributed by atoms with Gasteiger partial charge in [0.15, 0.2) is 0 Å². The van der Waals surface area contributed by atoms with Crippen LogP contribution in [0.3, 0.4) is 0 Å². The first-order valence-electron chi connectivity index (χ1n) is 11.0. The molecule has 1 N–H and O–H groups in total. The standard InChI is InChI=1S/C23H33N3O4S/c1-15(2)20-13-30-23(29)26(20)19-9-11-25(12-10-19)22(28)17-5-7-18(8-6-17)24-21(27)14-31-16(3)4/h5-8,15-16,19-20H,9-14H2,1-4H3,(H,24,27). The molecule has 0 spiro atoms. The van der Waals surface area contributed by atoms with E-state index in [9.17, 15) is 14.4 Å². The van der Waals surface area contributed by atoms with Crippen molar-refractivity contribution in [3.8, 4) is 0 Å². The van der Waals surface area contributed by atoms with Crippen LogP contribution in [0.25, 0.3) is 0 Å². The fraction of sp³-hybridized carbons (Fsp3) is 0.609. The van der Waals surface area contributed by atoms with Crippen molar-refractivity contribution in [2.75, 3.05) is 30.8 Å². The fourth-order valence-electron chi connectivity index (χ4n) is 4.05. The maximum Gasteiger partial charge on any atom is 0.410 e. The van der Waals surface area contributed by atoms with Crippen LogP contribution in [0, 0.1) is 5.92 Å². The van der Waals surface area contributed by atoms with Gasteiger partial charge < -0.3 is 15.0 Å². The van der Waals surface area contributed by atoms with E-state index in [-0.39, 0.29) is 30.0 Å². The lowest BCUT2D eigenvalue weighted by atomic mass is 9.97. The van der Waals surface area contributed by atoms with Crippen molar-refractivity contribution in [1.82, 2.24) is 9.80 Å². The number of hydrogen-bond acceptors (Lipinski definition) is 5. The lowest BCUT2D eigenvalue weighted by Crippen LogP contribution is -2.50. The summed E-state index contributed by atoms with van der Waals surface area (Å²) in [6.45, 7) is 10.0. The van der Waals surface area contributed by atoms with E-state index in [0.717, 1.165) is 12.8 Å². The molecule has 0 radical (unpaired) electrons. The Labute approximate surface area is 188 Å². The summed E-state index contributed by atoms with van der Waals surface area (Å²) in [6.07, 6.45) is 1.28. The second kappa shape index (κ2) is 10.4. The summed E-state index contributed by atoms with van der Waals surface area (Å²) in [5.74, 6) is 0.695.